The molecule has 0 aliphatic heterocycles. The van der Waals surface area contributed by atoms with E-state index in [4.69, 9.17) is 22.7 Å². The lowest BCUT2D eigenvalue weighted by Gasteiger charge is -2.14. The molecule has 0 aliphatic rings. The largest absolute Gasteiger partial charge is 0.389 e. The molecular formula is C16H16FNOS. The van der Waals surface area contributed by atoms with Gasteiger partial charge in [-0.25, -0.2) is 4.39 Å². The second-order valence-electron chi connectivity index (χ2n) is 4.54. The van der Waals surface area contributed by atoms with Crippen LogP contribution in [0.2, 0.25) is 0 Å². The Morgan fingerprint density at radius 2 is 1.95 bits per heavy atom. The Hall–Kier alpha value is -1.78. The lowest BCUT2D eigenvalue weighted by Crippen LogP contribution is -2.12. The third kappa shape index (κ3) is 3.62. The van der Waals surface area contributed by atoms with Gasteiger partial charge in [-0.15, -0.1) is 0 Å². The summed E-state index contributed by atoms with van der Waals surface area (Å²) in [4.78, 5) is 0.0560. The van der Waals surface area contributed by atoms with Gasteiger partial charge in [0, 0.05) is 5.56 Å². The van der Waals surface area contributed by atoms with Gasteiger partial charge in [0.25, 0.3) is 0 Å². The molecule has 0 amide bonds. The van der Waals surface area contributed by atoms with Crippen molar-refractivity contribution in [1.82, 2.24) is 0 Å². The van der Waals surface area contributed by atoms with Crippen LogP contribution in [-0.4, -0.2) is 4.99 Å². The summed E-state index contributed by atoms with van der Waals surface area (Å²) in [5.74, 6) is -0.405. The molecule has 2 aromatic carbocycles. The fraction of sp³-hybridized carbons (Fsp3) is 0.188. The third-order valence-electron chi connectivity index (χ3n) is 3.07. The molecule has 0 fully saturated rings. The topological polar surface area (TPSA) is 35.2 Å². The van der Waals surface area contributed by atoms with Crippen LogP contribution in [0, 0.1) is 5.82 Å². The van der Waals surface area contributed by atoms with Crippen LogP contribution in [-0.2, 0) is 11.3 Å². The van der Waals surface area contributed by atoms with E-state index in [1.54, 1.807) is 12.1 Å². The van der Waals surface area contributed by atoms with Crippen molar-refractivity contribution in [2.75, 3.05) is 0 Å². The van der Waals surface area contributed by atoms with Gasteiger partial charge in [0.2, 0.25) is 0 Å². The van der Waals surface area contributed by atoms with E-state index < -0.39 is 5.82 Å². The molecule has 2 nitrogen and oxygen atoms in total. The van der Waals surface area contributed by atoms with E-state index in [2.05, 4.69) is 0 Å². The van der Waals surface area contributed by atoms with E-state index >= 15 is 0 Å². The summed E-state index contributed by atoms with van der Waals surface area (Å²) in [6.07, 6.45) is -0.0328. The van der Waals surface area contributed by atoms with E-state index in [0.29, 0.717) is 6.61 Å². The Bertz CT molecular complexity index is 601. The highest BCUT2D eigenvalue weighted by molar-refractivity contribution is 7.80. The number of benzene rings is 2. The minimum absolute atomic E-state index is 0.0328. The number of hydrogen-bond donors (Lipinski definition) is 1. The van der Waals surface area contributed by atoms with E-state index in [1.807, 2.05) is 37.3 Å². The molecule has 0 aliphatic carbocycles. The molecule has 0 spiro atoms. The first-order valence-electron chi connectivity index (χ1n) is 6.32. The minimum atomic E-state index is -0.405. The zero-order chi connectivity index (χ0) is 14.5. The van der Waals surface area contributed by atoms with Gasteiger partial charge in [-0.3, -0.25) is 0 Å². The van der Waals surface area contributed by atoms with Gasteiger partial charge in [-0.2, -0.15) is 0 Å². The first-order chi connectivity index (χ1) is 9.58. The van der Waals surface area contributed by atoms with E-state index in [9.17, 15) is 4.39 Å². The summed E-state index contributed by atoms with van der Waals surface area (Å²) in [6.45, 7) is 2.36. The highest BCUT2D eigenvalue weighted by atomic mass is 32.1. The molecule has 1 atom stereocenters. The maximum atomic E-state index is 13.5. The zero-order valence-electron chi connectivity index (χ0n) is 11.2. The van der Waals surface area contributed by atoms with E-state index in [1.165, 1.54) is 6.07 Å². The number of halogens is 1. The lowest BCUT2D eigenvalue weighted by molar-refractivity contribution is 0.0525. The maximum absolute atomic E-state index is 13.5. The number of hydrogen-bond acceptors (Lipinski definition) is 2. The smallest absolute Gasteiger partial charge is 0.133 e. The van der Waals surface area contributed by atoms with Gasteiger partial charge >= 0.3 is 0 Å². The van der Waals surface area contributed by atoms with Crippen molar-refractivity contribution in [3.63, 3.8) is 0 Å². The molecular weight excluding hydrogens is 273 g/mol. The standard InChI is InChI=1S/C16H16FNOS/c1-11(13-5-3-2-4-6-13)19-10-12-7-8-15(17)14(9-12)16(18)20/h2-9,11H,10H2,1H3,(H2,18,20). The Kier molecular flexibility index (Phi) is 4.82. The van der Waals surface area contributed by atoms with Crippen LogP contribution in [0.1, 0.15) is 29.7 Å². The maximum Gasteiger partial charge on any atom is 0.133 e. The summed E-state index contributed by atoms with van der Waals surface area (Å²) < 4.78 is 19.3. The van der Waals surface area contributed by atoms with Crippen LogP contribution in [0.15, 0.2) is 48.5 Å². The average Bonchev–Trinajstić information content (AvgIpc) is 2.46. The van der Waals surface area contributed by atoms with E-state index in [-0.39, 0.29) is 16.7 Å². The van der Waals surface area contributed by atoms with Crippen LogP contribution in [0.3, 0.4) is 0 Å². The van der Waals surface area contributed by atoms with Gasteiger partial charge in [-0.05, 0) is 30.2 Å². The second-order valence-corrected chi connectivity index (χ2v) is 4.98. The third-order valence-corrected chi connectivity index (χ3v) is 3.29. The summed E-state index contributed by atoms with van der Waals surface area (Å²) in [7, 11) is 0. The van der Waals surface area contributed by atoms with Crippen molar-refractivity contribution in [1.29, 1.82) is 0 Å². The first-order valence-corrected chi connectivity index (χ1v) is 6.73. The predicted octanol–water partition coefficient (Wildman–Crippen LogP) is 3.74. The Morgan fingerprint density at radius 1 is 1.25 bits per heavy atom. The number of thiocarbonyl (C=S) groups is 1. The Labute approximate surface area is 123 Å². The Balaban J connectivity index is 2.04. The number of nitrogens with two attached hydrogens (primary N) is 1. The van der Waals surface area contributed by atoms with E-state index in [0.717, 1.165) is 11.1 Å². The van der Waals surface area contributed by atoms with Gasteiger partial charge in [0.05, 0.1) is 12.7 Å². The molecule has 0 bridgehead atoms. The minimum Gasteiger partial charge on any atom is -0.389 e. The van der Waals surface area contributed by atoms with Crippen molar-refractivity contribution in [2.24, 2.45) is 5.73 Å². The van der Waals surface area contributed by atoms with Crippen molar-refractivity contribution in [2.45, 2.75) is 19.6 Å². The highest BCUT2D eigenvalue weighted by Crippen LogP contribution is 2.19. The summed E-state index contributed by atoms with van der Waals surface area (Å²) >= 11 is 4.82. The van der Waals surface area contributed by atoms with Crippen molar-refractivity contribution in [3.05, 3.63) is 71.0 Å². The number of ether oxygens (including phenoxy) is 1. The van der Waals surface area contributed by atoms with Crippen molar-refractivity contribution in [3.8, 4) is 0 Å². The fourth-order valence-corrected chi connectivity index (χ4v) is 2.05. The molecule has 20 heavy (non-hydrogen) atoms. The molecule has 2 aromatic rings. The Morgan fingerprint density at radius 3 is 2.60 bits per heavy atom. The van der Waals surface area contributed by atoms with Crippen molar-refractivity contribution < 1.29 is 9.13 Å². The molecule has 0 saturated heterocycles. The molecule has 2 N–H and O–H groups in total. The highest BCUT2D eigenvalue weighted by Gasteiger charge is 2.09. The number of rotatable bonds is 5. The quantitative estimate of drug-likeness (QED) is 0.852. The van der Waals surface area contributed by atoms with Crippen LogP contribution in [0.4, 0.5) is 4.39 Å². The fourth-order valence-electron chi connectivity index (χ4n) is 1.89. The average molecular weight is 289 g/mol. The normalized spacial score (nSPS) is 12.1. The monoisotopic (exact) mass is 289 g/mol. The molecule has 104 valence electrons. The lowest BCUT2D eigenvalue weighted by atomic mass is 10.1. The molecule has 0 saturated carbocycles. The zero-order valence-corrected chi connectivity index (χ0v) is 12.0. The van der Waals surface area contributed by atoms with Crippen LogP contribution >= 0.6 is 12.2 Å². The molecule has 0 radical (unpaired) electrons. The first kappa shape index (κ1) is 14.6. The van der Waals surface area contributed by atoms with Gasteiger partial charge in [-0.1, -0.05) is 48.6 Å². The van der Waals surface area contributed by atoms with Gasteiger partial charge < -0.3 is 10.5 Å². The van der Waals surface area contributed by atoms with Crippen LogP contribution in [0.5, 0.6) is 0 Å². The van der Waals surface area contributed by atoms with Gasteiger partial charge in [0.15, 0.2) is 0 Å². The molecule has 4 heteroatoms. The van der Waals surface area contributed by atoms with Crippen molar-refractivity contribution >= 4 is 17.2 Å². The summed E-state index contributed by atoms with van der Waals surface area (Å²) in [5.41, 5.74) is 7.68. The SMILES string of the molecule is CC(OCc1ccc(F)c(C(N)=S)c1)c1ccccc1. The summed E-state index contributed by atoms with van der Waals surface area (Å²) in [6, 6.07) is 14.6. The second kappa shape index (κ2) is 6.59. The molecule has 1 unspecified atom stereocenters. The predicted molar refractivity (Wildman–Crippen MR) is 81.9 cm³/mol. The summed E-state index contributed by atoms with van der Waals surface area (Å²) in [5, 5.41) is 0. The van der Waals surface area contributed by atoms with Crippen LogP contribution < -0.4 is 5.73 Å². The molecule has 2 rings (SSSR count). The van der Waals surface area contributed by atoms with Gasteiger partial charge in [0.1, 0.15) is 10.8 Å². The van der Waals surface area contributed by atoms with Crippen LogP contribution in [0.25, 0.3) is 0 Å². The molecule has 0 heterocycles. The molecule has 0 aromatic heterocycles.